The minimum absolute atomic E-state index is 0.319. The lowest BCUT2D eigenvalue weighted by atomic mass is 9.74. The van der Waals surface area contributed by atoms with Gasteiger partial charge in [0.05, 0.1) is 0 Å². The molecule has 0 amide bonds. The van der Waals surface area contributed by atoms with E-state index in [1.807, 2.05) is 0 Å². The first kappa shape index (κ1) is 8.98. The van der Waals surface area contributed by atoms with Crippen LogP contribution >= 0.6 is 15.9 Å². The van der Waals surface area contributed by atoms with Crippen LogP contribution in [0.15, 0.2) is 15.2 Å². The first-order valence-electron chi connectivity index (χ1n) is 5.30. The number of aryl methyl sites for hydroxylation is 1. The van der Waals surface area contributed by atoms with Crippen molar-refractivity contribution in [3.8, 4) is 0 Å². The van der Waals surface area contributed by atoms with Gasteiger partial charge >= 0.3 is 0 Å². The van der Waals surface area contributed by atoms with Crippen molar-refractivity contribution in [1.82, 2.24) is 5.32 Å². The van der Waals surface area contributed by atoms with Gasteiger partial charge in [0, 0.05) is 12.0 Å². The van der Waals surface area contributed by atoms with E-state index in [1.54, 1.807) is 0 Å². The largest absolute Gasteiger partial charge is 0.453 e. The maximum atomic E-state index is 5.82. The summed E-state index contributed by atoms with van der Waals surface area (Å²) in [5.41, 5.74) is 1.74. The number of hydrogen-bond donors (Lipinski definition) is 1. The van der Waals surface area contributed by atoms with Crippen molar-refractivity contribution in [3.05, 3.63) is 22.1 Å². The van der Waals surface area contributed by atoms with Gasteiger partial charge in [-0.15, -0.1) is 0 Å². The molecule has 0 bridgehead atoms. The van der Waals surface area contributed by atoms with Crippen molar-refractivity contribution >= 4 is 15.9 Å². The summed E-state index contributed by atoms with van der Waals surface area (Å²) in [4.78, 5) is 0. The third-order valence-electron chi connectivity index (χ3n) is 3.61. The van der Waals surface area contributed by atoms with E-state index < -0.39 is 0 Å². The molecule has 2 aliphatic rings. The van der Waals surface area contributed by atoms with E-state index in [4.69, 9.17) is 4.42 Å². The van der Waals surface area contributed by atoms with Crippen molar-refractivity contribution in [3.63, 3.8) is 0 Å². The highest BCUT2D eigenvalue weighted by Gasteiger charge is 2.42. The van der Waals surface area contributed by atoms with E-state index in [9.17, 15) is 0 Å². The molecule has 1 spiro atoms. The lowest BCUT2D eigenvalue weighted by Crippen LogP contribution is -2.32. The molecule has 1 aliphatic carbocycles. The fraction of sp³-hybridized carbons (Fsp3) is 0.636. The van der Waals surface area contributed by atoms with E-state index in [-0.39, 0.29) is 0 Å². The Morgan fingerprint density at radius 3 is 3.14 bits per heavy atom. The standard InChI is InChI=1S/C11H14BrNO/c12-9-6-8-2-1-3-11(10(8)14-9)4-5-13-7-11/h6,13H,1-5,7H2. The van der Waals surface area contributed by atoms with Crippen molar-refractivity contribution in [1.29, 1.82) is 0 Å². The molecular formula is C11H14BrNO. The molecule has 0 saturated carbocycles. The van der Waals surface area contributed by atoms with Gasteiger partial charge in [0.25, 0.3) is 0 Å². The molecule has 1 N–H and O–H groups in total. The quantitative estimate of drug-likeness (QED) is 0.771. The lowest BCUT2D eigenvalue weighted by molar-refractivity contribution is 0.304. The normalized spacial score (nSPS) is 30.9. The van der Waals surface area contributed by atoms with E-state index >= 15 is 0 Å². The van der Waals surface area contributed by atoms with Gasteiger partial charge in [-0.1, -0.05) is 0 Å². The summed E-state index contributed by atoms with van der Waals surface area (Å²) < 4.78 is 6.72. The average molecular weight is 256 g/mol. The zero-order valence-corrected chi connectivity index (χ0v) is 9.69. The van der Waals surface area contributed by atoms with Gasteiger partial charge in [0.15, 0.2) is 4.67 Å². The number of hydrogen-bond acceptors (Lipinski definition) is 2. The van der Waals surface area contributed by atoms with Crippen molar-refractivity contribution < 1.29 is 4.42 Å². The zero-order valence-electron chi connectivity index (χ0n) is 8.11. The molecule has 1 aromatic rings. The Morgan fingerprint density at radius 2 is 2.36 bits per heavy atom. The third-order valence-corrected chi connectivity index (χ3v) is 4.00. The van der Waals surface area contributed by atoms with Crippen LogP contribution in [-0.2, 0) is 11.8 Å². The summed E-state index contributed by atoms with van der Waals surface area (Å²) in [5, 5.41) is 3.46. The summed E-state index contributed by atoms with van der Waals surface area (Å²) in [7, 11) is 0. The van der Waals surface area contributed by atoms with Crippen LogP contribution in [0.2, 0.25) is 0 Å². The van der Waals surface area contributed by atoms with Gasteiger partial charge in [-0.3, -0.25) is 0 Å². The molecule has 1 atom stereocenters. The highest BCUT2D eigenvalue weighted by molar-refractivity contribution is 9.10. The molecule has 1 unspecified atom stereocenters. The number of nitrogens with one attached hydrogen (secondary N) is 1. The average Bonchev–Trinajstić information content (AvgIpc) is 2.74. The summed E-state index contributed by atoms with van der Waals surface area (Å²) in [6, 6.07) is 2.15. The molecule has 14 heavy (non-hydrogen) atoms. The highest BCUT2D eigenvalue weighted by atomic mass is 79.9. The van der Waals surface area contributed by atoms with E-state index in [2.05, 4.69) is 27.3 Å². The van der Waals surface area contributed by atoms with Crippen molar-refractivity contribution in [2.75, 3.05) is 13.1 Å². The van der Waals surface area contributed by atoms with Crippen LogP contribution < -0.4 is 5.32 Å². The first-order valence-corrected chi connectivity index (χ1v) is 6.09. The molecular weight excluding hydrogens is 242 g/mol. The fourth-order valence-electron chi connectivity index (χ4n) is 2.91. The van der Waals surface area contributed by atoms with Crippen LogP contribution in [0.25, 0.3) is 0 Å². The second-order valence-electron chi connectivity index (χ2n) is 4.47. The molecule has 76 valence electrons. The minimum Gasteiger partial charge on any atom is -0.453 e. The summed E-state index contributed by atoms with van der Waals surface area (Å²) in [6.07, 6.45) is 5.01. The molecule has 1 aromatic heterocycles. The summed E-state index contributed by atoms with van der Waals surface area (Å²) in [5.74, 6) is 1.25. The van der Waals surface area contributed by atoms with Gasteiger partial charge < -0.3 is 9.73 Å². The second-order valence-corrected chi connectivity index (χ2v) is 5.25. The van der Waals surface area contributed by atoms with E-state index in [1.165, 1.54) is 37.0 Å². The third kappa shape index (κ3) is 1.18. The Morgan fingerprint density at radius 1 is 1.43 bits per heavy atom. The minimum atomic E-state index is 0.319. The maximum absolute atomic E-state index is 5.82. The van der Waals surface area contributed by atoms with E-state index in [0.29, 0.717) is 5.41 Å². The number of halogens is 1. The summed E-state index contributed by atoms with van der Waals surface area (Å²) in [6.45, 7) is 2.23. The predicted molar refractivity (Wildman–Crippen MR) is 58.5 cm³/mol. The van der Waals surface area contributed by atoms with Crippen LogP contribution in [-0.4, -0.2) is 13.1 Å². The van der Waals surface area contributed by atoms with Crippen LogP contribution in [0, 0.1) is 0 Å². The lowest BCUT2D eigenvalue weighted by Gasteiger charge is -2.30. The smallest absolute Gasteiger partial charge is 0.169 e. The van der Waals surface area contributed by atoms with Crippen molar-refractivity contribution in [2.24, 2.45) is 0 Å². The van der Waals surface area contributed by atoms with Gasteiger partial charge in [0.2, 0.25) is 0 Å². The van der Waals surface area contributed by atoms with Crippen LogP contribution in [0.3, 0.4) is 0 Å². The Bertz CT molecular complexity index is 352. The Labute approximate surface area is 92.2 Å². The van der Waals surface area contributed by atoms with Gasteiger partial charge in [0.1, 0.15) is 5.76 Å². The molecule has 2 nitrogen and oxygen atoms in total. The van der Waals surface area contributed by atoms with Crippen LogP contribution in [0.4, 0.5) is 0 Å². The van der Waals surface area contributed by atoms with Crippen LogP contribution in [0.1, 0.15) is 30.6 Å². The van der Waals surface area contributed by atoms with Gasteiger partial charge in [-0.25, -0.2) is 0 Å². The molecule has 3 rings (SSSR count). The van der Waals surface area contributed by atoms with Crippen molar-refractivity contribution in [2.45, 2.75) is 31.1 Å². The van der Waals surface area contributed by atoms with Gasteiger partial charge in [-0.05, 0) is 59.8 Å². The Balaban J connectivity index is 2.09. The molecule has 1 aliphatic heterocycles. The number of rotatable bonds is 0. The molecule has 2 heterocycles. The monoisotopic (exact) mass is 255 g/mol. The molecule has 1 fully saturated rings. The number of fused-ring (bicyclic) bond motifs is 2. The number of furan rings is 1. The molecule has 0 radical (unpaired) electrons. The maximum Gasteiger partial charge on any atom is 0.169 e. The SMILES string of the molecule is Brc1cc2c(o1)C1(CCC2)CCNC1. The molecule has 1 saturated heterocycles. The fourth-order valence-corrected chi connectivity index (χ4v) is 3.35. The van der Waals surface area contributed by atoms with Gasteiger partial charge in [-0.2, -0.15) is 0 Å². The molecule has 3 heteroatoms. The Kier molecular flexibility index (Phi) is 1.99. The topological polar surface area (TPSA) is 25.2 Å². The Hall–Kier alpha value is -0.280. The van der Waals surface area contributed by atoms with Crippen LogP contribution in [0.5, 0.6) is 0 Å². The second kappa shape index (κ2) is 3.11. The van der Waals surface area contributed by atoms with E-state index in [0.717, 1.165) is 17.8 Å². The first-order chi connectivity index (χ1) is 6.80. The predicted octanol–water partition coefficient (Wildman–Crippen LogP) is 2.61. The molecule has 0 aromatic carbocycles. The summed E-state index contributed by atoms with van der Waals surface area (Å²) >= 11 is 3.44. The zero-order chi connectivity index (χ0) is 9.60. The highest BCUT2D eigenvalue weighted by Crippen LogP contribution is 2.43.